The molecular formula is C14H33N3. The maximum Gasteiger partial charge on any atom is 0.0240 e. The summed E-state index contributed by atoms with van der Waals surface area (Å²) in [6.07, 6.45) is 1.24. The van der Waals surface area contributed by atoms with Crippen LogP contribution in [-0.2, 0) is 0 Å². The fraction of sp³-hybridized carbons (Fsp3) is 1.00. The van der Waals surface area contributed by atoms with Crippen molar-refractivity contribution >= 4 is 0 Å². The van der Waals surface area contributed by atoms with Crippen molar-refractivity contribution in [2.75, 3.05) is 40.8 Å². The van der Waals surface area contributed by atoms with Crippen LogP contribution < -0.4 is 5.32 Å². The van der Waals surface area contributed by atoms with E-state index in [4.69, 9.17) is 0 Å². The van der Waals surface area contributed by atoms with Crippen LogP contribution in [0.1, 0.15) is 34.1 Å². The maximum absolute atomic E-state index is 3.55. The number of hydrogen-bond acceptors (Lipinski definition) is 3. The lowest BCUT2D eigenvalue weighted by atomic mass is 10.0. The first-order chi connectivity index (χ1) is 7.84. The van der Waals surface area contributed by atoms with E-state index in [9.17, 15) is 0 Å². The van der Waals surface area contributed by atoms with Crippen LogP contribution >= 0.6 is 0 Å². The average molecular weight is 243 g/mol. The largest absolute Gasteiger partial charge is 0.313 e. The number of nitrogens with zero attached hydrogens (tertiary/aromatic N) is 2. The number of likely N-dealkylation sites (N-methyl/N-ethyl adjacent to an activating group) is 1. The molecule has 1 atom stereocenters. The first kappa shape index (κ1) is 16.9. The Kier molecular flexibility index (Phi) is 8.83. The second kappa shape index (κ2) is 8.90. The van der Waals surface area contributed by atoms with E-state index in [1.807, 2.05) is 0 Å². The molecule has 0 aliphatic heterocycles. The Labute approximate surface area is 109 Å². The molecule has 0 amide bonds. The lowest BCUT2D eigenvalue weighted by molar-refractivity contribution is 0.177. The predicted octanol–water partition coefficient (Wildman–Crippen LogP) is 1.89. The fourth-order valence-corrected chi connectivity index (χ4v) is 2.06. The number of nitrogens with one attached hydrogen (secondary N) is 1. The molecule has 0 saturated carbocycles. The molecule has 0 aliphatic carbocycles. The van der Waals surface area contributed by atoms with E-state index in [2.05, 4.69) is 64.0 Å². The molecular weight excluding hydrogens is 210 g/mol. The second-order valence-electron chi connectivity index (χ2n) is 6.01. The first-order valence-electron chi connectivity index (χ1n) is 6.93. The predicted molar refractivity (Wildman–Crippen MR) is 77.6 cm³/mol. The third-order valence-electron chi connectivity index (χ3n) is 3.19. The zero-order chi connectivity index (χ0) is 13.4. The summed E-state index contributed by atoms with van der Waals surface area (Å²) >= 11 is 0. The minimum Gasteiger partial charge on any atom is -0.313 e. The van der Waals surface area contributed by atoms with Crippen LogP contribution in [0.3, 0.4) is 0 Å². The molecule has 17 heavy (non-hydrogen) atoms. The highest BCUT2D eigenvalue weighted by atomic mass is 15.2. The summed E-state index contributed by atoms with van der Waals surface area (Å²) in [5.74, 6) is 0.700. The van der Waals surface area contributed by atoms with Gasteiger partial charge in [0.05, 0.1) is 0 Å². The smallest absolute Gasteiger partial charge is 0.0240 e. The molecule has 3 nitrogen and oxygen atoms in total. The van der Waals surface area contributed by atoms with Gasteiger partial charge in [-0.3, -0.25) is 0 Å². The standard InChI is InChI=1S/C14H33N3/c1-12(2)14(11-15-13(3)4)17(7)10-8-9-16(5)6/h12-15H,8-11H2,1-7H3. The first-order valence-corrected chi connectivity index (χ1v) is 6.93. The van der Waals surface area contributed by atoms with Crippen molar-refractivity contribution in [3.63, 3.8) is 0 Å². The molecule has 1 unspecified atom stereocenters. The SMILES string of the molecule is CC(C)NCC(C(C)C)N(C)CCCN(C)C. The molecule has 1 N–H and O–H groups in total. The monoisotopic (exact) mass is 243 g/mol. The molecule has 0 aromatic rings. The third kappa shape index (κ3) is 8.58. The molecule has 0 rings (SSSR count). The molecule has 0 spiro atoms. The second-order valence-corrected chi connectivity index (χ2v) is 6.01. The van der Waals surface area contributed by atoms with Gasteiger partial charge in [0.25, 0.3) is 0 Å². The van der Waals surface area contributed by atoms with E-state index in [-0.39, 0.29) is 0 Å². The van der Waals surface area contributed by atoms with Gasteiger partial charge < -0.3 is 15.1 Å². The summed E-state index contributed by atoms with van der Waals surface area (Å²) < 4.78 is 0. The normalized spacial score (nSPS) is 14.3. The van der Waals surface area contributed by atoms with E-state index >= 15 is 0 Å². The number of rotatable bonds is 9. The zero-order valence-corrected chi connectivity index (χ0v) is 13.0. The van der Waals surface area contributed by atoms with E-state index in [0.717, 1.165) is 6.54 Å². The highest BCUT2D eigenvalue weighted by Crippen LogP contribution is 2.09. The summed E-state index contributed by atoms with van der Waals surface area (Å²) in [4.78, 5) is 4.76. The van der Waals surface area contributed by atoms with E-state index < -0.39 is 0 Å². The molecule has 0 heterocycles. The van der Waals surface area contributed by atoms with E-state index in [1.165, 1.54) is 19.5 Å². The summed E-state index contributed by atoms with van der Waals surface area (Å²) in [5, 5.41) is 3.55. The van der Waals surface area contributed by atoms with Gasteiger partial charge in [-0.1, -0.05) is 27.7 Å². The van der Waals surface area contributed by atoms with Gasteiger partial charge in [-0.15, -0.1) is 0 Å². The highest BCUT2D eigenvalue weighted by molar-refractivity contribution is 4.76. The highest BCUT2D eigenvalue weighted by Gasteiger charge is 2.18. The third-order valence-corrected chi connectivity index (χ3v) is 3.19. The van der Waals surface area contributed by atoms with Crippen molar-refractivity contribution in [1.29, 1.82) is 0 Å². The quantitative estimate of drug-likeness (QED) is 0.667. The van der Waals surface area contributed by atoms with E-state index in [0.29, 0.717) is 18.0 Å². The van der Waals surface area contributed by atoms with Crippen LogP contribution in [0.4, 0.5) is 0 Å². The molecule has 0 radical (unpaired) electrons. The van der Waals surface area contributed by atoms with Crippen LogP contribution in [0.2, 0.25) is 0 Å². The van der Waals surface area contributed by atoms with Crippen LogP contribution in [-0.4, -0.2) is 62.7 Å². The van der Waals surface area contributed by atoms with Crippen molar-refractivity contribution in [2.45, 2.75) is 46.2 Å². The number of hydrogen-bond donors (Lipinski definition) is 1. The van der Waals surface area contributed by atoms with Crippen molar-refractivity contribution in [2.24, 2.45) is 5.92 Å². The Balaban J connectivity index is 4.01. The van der Waals surface area contributed by atoms with Gasteiger partial charge in [0, 0.05) is 18.6 Å². The Morgan fingerprint density at radius 2 is 1.53 bits per heavy atom. The molecule has 0 bridgehead atoms. The van der Waals surface area contributed by atoms with E-state index in [1.54, 1.807) is 0 Å². The average Bonchev–Trinajstić information content (AvgIpc) is 2.16. The van der Waals surface area contributed by atoms with Gasteiger partial charge in [0.1, 0.15) is 0 Å². The molecule has 0 saturated heterocycles. The van der Waals surface area contributed by atoms with Gasteiger partial charge in [0.15, 0.2) is 0 Å². The minimum absolute atomic E-state index is 0.575. The summed E-state index contributed by atoms with van der Waals surface area (Å²) in [5.41, 5.74) is 0. The lowest BCUT2D eigenvalue weighted by Crippen LogP contribution is -2.45. The van der Waals surface area contributed by atoms with Gasteiger partial charge in [-0.25, -0.2) is 0 Å². The molecule has 0 aromatic heterocycles. The zero-order valence-electron chi connectivity index (χ0n) is 13.0. The van der Waals surface area contributed by atoms with Crippen LogP contribution in [0.5, 0.6) is 0 Å². The van der Waals surface area contributed by atoms with Crippen molar-refractivity contribution < 1.29 is 0 Å². The minimum atomic E-state index is 0.575. The van der Waals surface area contributed by atoms with Crippen LogP contribution in [0.25, 0.3) is 0 Å². The van der Waals surface area contributed by atoms with Crippen LogP contribution in [0.15, 0.2) is 0 Å². The maximum atomic E-state index is 3.55. The van der Waals surface area contributed by atoms with Crippen LogP contribution in [0, 0.1) is 5.92 Å². The summed E-state index contributed by atoms with van der Waals surface area (Å²) in [6.45, 7) is 12.5. The molecule has 3 heteroatoms. The fourth-order valence-electron chi connectivity index (χ4n) is 2.06. The Hall–Kier alpha value is -0.120. The Morgan fingerprint density at radius 3 is 1.94 bits per heavy atom. The summed E-state index contributed by atoms with van der Waals surface area (Å²) in [7, 11) is 6.53. The molecule has 0 aliphatic rings. The summed E-state index contributed by atoms with van der Waals surface area (Å²) in [6, 6.07) is 1.21. The lowest BCUT2D eigenvalue weighted by Gasteiger charge is -2.32. The van der Waals surface area contributed by atoms with Gasteiger partial charge in [-0.2, -0.15) is 0 Å². The molecule has 104 valence electrons. The molecule has 0 fully saturated rings. The Bertz CT molecular complexity index is 178. The Morgan fingerprint density at radius 1 is 0.941 bits per heavy atom. The topological polar surface area (TPSA) is 18.5 Å². The van der Waals surface area contributed by atoms with Gasteiger partial charge in [-0.05, 0) is 46.6 Å². The van der Waals surface area contributed by atoms with Gasteiger partial charge in [0.2, 0.25) is 0 Å². The van der Waals surface area contributed by atoms with Crippen molar-refractivity contribution in [3.8, 4) is 0 Å². The van der Waals surface area contributed by atoms with Gasteiger partial charge >= 0.3 is 0 Å². The molecule has 0 aromatic carbocycles. The van der Waals surface area contributed by atoms with Crippen molar-refractivity contribution in [3.05, 3.63) is 0 Å². The van der Waals surface area contributed by atoms with Crippen molar-refractivity contribution in [1.82, 2.24) is 15.1 Å².